The van der Waals surface area contributed by atoms with Crippen LogP contribution in [0.4, 0.5) is 0 Å². The van der Waals surface area contributed by atoms with Gasteiger partial charge in [0, 0.05) is 37.0 Å². The topological polar surface area (TPSA) is 71.1 Å². The molecule has 0 atom stereocenters. The maximum Gasteiger partial charge on any atom is 0.220 e. The first-order chi connectivity index (χ1) is 13.1. The largest absolute Gasteiger partial charge is 0.353 e. The number of carbonyl (C=O) groups excluding carboxylic acids is 2. The van der Waals surface area contributed by atoms with E-state index >= 15 is 0 Å². The van der Waals surface area contributed by atoms with Crippen LogP contribution in [0.15, 0.2) is 30.5 Å². The Labute approximate surface area is 160 Å². The van der Waals surface area contributed by atoms with Crippen LogP contribution in [0.5, 0.6) is 0 Å². The van der Waals surface area contributed by atoms with Crippen LogP contribution < -0.4 is 10.6 Å². The quantitative estimate of drug-likeness (QED) is 0.763. The molecule has 27 heavy (non-hydrogen) atoms. The Balaban J connectivity index is 1.47. The highest BCUT2D eigenvalue weighted by Gasteiger charge is 2.15. The third kappa shape index (κ3) is 5.52. The van der Waals surface area contributed by atoms with E-state index in [0.717, 1.165) is 34.9 Å². The lowest BCUT2D eigenvalue weighted by Gasteiger charge is -2.16. The molecule has 0 spiro atoms. The van der Waals surface area contributed by atoms with Crippen molar-refractivity contribution in [2.24, 2.45) is 0 Å². The van der Waals surface area contributed by atoms with E-state index in [1.54, 1.807) is 6.20 Å². The Morgan fingerprint density at radius 1 is 1.04 bits per heavy atom. The Bertz CT molecular complexity index is 795. The minimum atomic E-state index is -0.0914. The third-order valence-electron chi connectivity index (χ3n) is 5.39. The molecule has 0 bridgehead atoms. The van der Waals surface area contributed by atoms with Crippen molar-refractivity contribution in [3.05, 3.63) is 41.6 Å². The summed E-state index contributed by atoms with van der Waals surface area (Å²) >= 11 is 0. The number of nitrogens with one attached hydrogen (secondary N) is 2. The van der Waals surface area contributed by atoms with Gasteiger partial charge in [0.15, 0.2) is 0 Å². The molecule has 144 valence electrons. The van der Waals surface area contributed by atoms with Crippen molar-refractivity contribution in [1.82, 2.24) is 15.6 Å². The zero-order chi connectivity index (χ0) is 19.1. The normalized spacial score (nSPS) is 15.3. The number of hydrogen-bond acceptors (Lipinski definition) is 3. The van der Waals surface area contributed by atoms with Gasteiger partial charge < -0.3 is 10.6 Å². The molecule has 0 radical (unpaired) electrons. The molecule has 0 saturated heterocycles. The van der Waals surface area contributed by atoms with E-state index in [1.165, 1.54) is 25.7 Å². The number of fused-ring (bicyclic) bond motifs is 1. The number of aryl methyl sites for hydroxylation is 1. The lowest BCUT2D eigenvalue weighted by molar-refractivity contribution is -0.126. The van der Waals surface area contributed by atoms with E-state index in [0.29, 0.717) is 6.54 Å². The highest BCUT2D eigenvalue weighted by atomic mass is 16.2. The van der Waals surface area contributed by atoms with E-state index in [1.807, 2.05) is 31.2 Å². The molecule has 1 fully saturated rings. The van der Waals surface area contributed by atoms with Crippen LogP contribution in [0.1, 0.15) is 62.5 Å². The Morgan fingerprint density at radius 3 is 2.56 bits per heavy atom. The second kappa shape index (κ2) is 9.49. The average Bonchev–Trinajstić information content (AvgIpc) is 2.94. The number of pyridine rings is 1. The van der Waals surface area contributed by atoms with Gasteiger partial charge >= 0.3 is 0 Å². The molecule has 1 heterocycles. The van der Waals surface area contributed by atoms with Crippen LogP contribution >= 0.6 is 0 Å². The molecule has 1 aliphatic rings. The van der Waals surface area contributed by atoms with Crippen molar-refractivity contribution in [2.45, 2.75) is 70.9 Å². The maximum atomic E-state index is 12.2. The highest BCUT2D eigenvalue weighted by molar-refractivity contribution is 5.85. The Kier molecular flexibility index (Phi) is 6.80. The zero-order valence-electron chi connectivity index (χ0n) is 16.1. The van der Waals surface area contributed by atoms with Gasteiger partial charge in [0.05, 0.1) is 5.52 Å². The van der Waals surface area contributed by atoms with Gasteiger partial charge in [-0.3, -0.25) is 14.6 Å². The predicted octanol–water partition coefficient (Wildman–Crippen LogP) is 3.78. The number of carbonyl (C=O) groups is 2. The van der Waals surface area contributed by atoms with E-state index < -0.39 is 0 Å². The van der Waals surface area contributed by atoms with Crippen LogP contribution in [0, 0.1) is 6.92 Å². The van der Waals surface area contributed by atoms with Crippen LogP contribution in [-0.2, 0) is 16.1 Å². The number of benzene rings is 1. The van der Waals surface area contributed by atoms with Crippen molar-refractivity contribution in [3.8, 4) is 0 Å². The summed E-state index contributed by atoms with van der Waals surface area (Å²) in [6.07, 6.45) is 9.26. The summed E-state index contributed by atoms with van der Waals surface area (Å²) in [5.41, 5.74) is 3.13. The third-order valence-corrected chi connectivity index (χ3v) is 5.39. The standard InChI is InChI=1S/C22H29N3O2/c1-16-10-11-20-18(9-6-14-23-20)19(16)15-24-21(26)12-13-22(27)25-17-7-4-2-3-5-8-17/h6,9-11,14,17H,2-5,7-8,12-13,15H2,1H3,(H,24,26)(H,25,27). The molecule has 5 nitrogen and oxygen atoms in total. The molecular weight excluding hydrogens is 338 g/mol. The molecule has 2 N–H and O–H groups in total. The van der Waals surface area contributed by atoms with Crippen molar-refractivity contribution < 1.29 is 9.59 Å². The van der Waals surface area contributed by atoms with Gasteiger partial charge in [-0.25, -0.2) is 0 Å². The molecule has 1 aromatic carbocycles. The molecule has 0 unspecified atom stereocenters. The minimum Gasteiger partial charge on any atom is -0.353 e. The van der Waals surface area contributed by atoms with Gasteiger partial charge in [0.25, 0.3) is 0 Å². The van der Waals surface area contributed by atoms with Gasteiger partial charge in [-0.05, 0) is 43.0 Å². The average molecular weight is 367 g/mol. The fraction of sp³-hybridized carbons (Fsp3) is 0.500. The fourth-order valence-corrected chi connectivity index (χ4v) is 3.78. The van der Waals surface area contributed by atoms with E-state index in [-0.39, 0.29) is 30.7 Å². The van der Waals surface area contributed by atoms with Gasteiger partial charge in [-0.1, -0.05) is 37.8 Å². The molecule has 1 aromatic heterocycles. The second-order valence-electron chi connectivity index (χ2n) is 7.46. The number of amides is 2. The summed E-state index contributed by atoms with van der Waals surface area (Å²) in [5, 5.41) is 7.11. The number of rotatable bonds is 6. The summed E-state index contributed by atoms with van der Waals surface area (Å²) in [4.78, 5) is 28.7. The lowest BCUT2D eigenvalue weighted by atomic mass is 10.0. The van der Waals surface area contributed by atoms with Crippen molar-refractivity contribution in [1.29, 1.82) is 0 Å². The van der Waals surface area contributed by atoms with Crippen LogP contribution in [-0.4, -0.2) is 22.8 Å². The molecule has 3 rings (SSSR count). The first-order valence-electron chi connectivity index (χ1n) is 10.0. The summed E-state index contributed by atoms with van der Waals surface area (Å²) < 4.78 is 0. The number of nitrogens with zero attached hydrogens (tertiary/aromatic N) is 1. The van der Waals surface area contributed by atoms with Gasteiger partial charge in [-0.15, -0.1) is 0 Å². The van der Waals surface area contributed by atoms with E-state index in [4.69, 9.17) is 0 Å². The highest BCUT2D eigenvalue weighted by Crippen LogP contribution is 2.20. The molecule has 0 aliphatic heterocycles. The van der Waals surface area contributed by atoms with Crippen LogP contribution in [0.3, 0.4) is 0 Å². The van der Waals surface area contributed by atoms with Gasteiger partial charge in [-0.2, -0.15) is 0 Å². The predicted molar refractivity (Wildman–Crippen MR) is 107 cm³/mol. The smallest absolute Gasteiger partial charge is 0.220 e. The lowest BCUT2D eigenvalue weighted by Crippen LogP contribution is -2.35. The number of aromatic nitrogens is 1. The van der Waals surface area contributed by atoms with E-state index in [2.05, 4.69) is 15.6 Å². The SMILES string of the molecule is Cc1ccc2ncccc2c1CNC(=O)CCC(=O)NC1CCCCCC1. The molecule has 1 saturated carbocycles. The van der Waals surface area contributed by atoms with E-state index in [9.17, 15) is 9.59 Å². The molecule has 2 aromatic rings. The molecule has 5 heteroatoms. The summed E-state index contributed by atoms with van der Waals surface area (Å²) in [7, 11) is 0. The first kappa shape index (κ1) is 19.3. The first-order valence-corrected chi connectivity index (χ1v) is 10.0. The Hall–Kier alpha value is -2.43. The monoisotopic (exact) mass is 367 g/mol. The minimum absolute atomic E-state index is 0.0115. The second-order valence-corrected chi connectivity index (χ2v) is 7.46. The summed E-state index contributed by atoms with van der Waals surface area (Å²) in [5.74, 6) is -0.103. The summed E-state index contributed by atoms with van der Waals surface area (Å²) in [6, 6.07) is 8.24. The fourth-order valence-electron chi connectivity index (χ4n) is 3.78. The number of hydrogen-bond donors (Lipinski definition) is 2. The Morgan fingerprint density at radius 2 is 1.78 bits per heavy atom. The summed E-state index contributed by atoms with van der Waals surface area (Å²) in [6.45, 7) is 2.49. The maximum absolute atomic E-state index is 12.2. The molecular formula is C22H29N3O2. The molecule has 2 amide bonds. The van der Waals surface area contributed by atoms with Crippen molar-refractivity contribution in [2.75, 3.05) is 0 Å². The van der Waals surface area contributed by atoms with Gasteiger partial charge in [0.1, 0.15) is 0 Å². The van der Waals surface area contributed by atoms with Crippen LogP contribution in [0.2, 0.25) is 0 Å². The van der Waals surface area contributed by atoms with Crippen molar-refractivity contribution >= 4 is 22.7 Å². The molecule has 1 aliphatic carbocycles. The van der Waals surface area contributed by atoms with Crippen LogP contribution in [0.25, 0.3) is 10.9 Å². The zero-order valence-corrected chi connectivity index (χ0v) is 16.1. The van der Waals surface area contributed by atoms with Gasteiger partial charge in [0.2, 0.25) is 11.8 Å². The van der Waals surface area contributed by atoms with Crippen molar-refractivity contribution in [3.63, 3.8) is 0 Å².